The minimum atomic E-state index is -0.327. The maximum atomic E-state index is 11.8. The first-order valence-corrected chi connectivity index (χ1v) is 8.63. The quantitative estimate of drug-likeness (QED) is 0.787. The Bertz CT molecular complexity index is 707. The van der Waals surface area contributed by atoms with Crippen LogP contribution in [0.1, 0.15) is 18.9 Å². The third-order valence-corrected chi connectivity index (χ3v) is 4.22. The van der Waals surface area contributed by atoms with Gasteiger partial charge < -0.3 is 9.47 Å². The van der Waals surface area contributed by atoms with Gasteiger partial charge in [0.15, 0.2) is 5.78 Å². The largest absolute Gasteiger partial charge is 0.424 e. The average molecular weight is 362 g/mol. The minimum absolute atomic E-state index is 0.146. The van der Waals surface area contributed by atoms with E-state index in [0.29, 0.717) is 36.9 Å². The van der Waals surface area contributed by atoms with Crippen molar-refractivity contribution in [3.05, 3.63) is 47.2 Å². The molecule has 1 aliphatic heterocycles. The number of Topliss-reactive ketones (excluding diaryl/α,β-unsaturated/α-hetero) is 1. The van der Waals surface area contributed by atoms with Crippen molar-refractivity contribution in [2.45, 2.75) is 26.0 Å². The molecule has 132 valence electrons. The monoisotopic (exact) mass is 361 g/mol. The number of ketones is 1. The number of hydrogen-bond acceptors (Lipinski definition) is 6. The Balaban J connectivity index is 1.57. The molecule has 25 heavy (non-hydrogen) atoms. The number of ether oxygens (including phenoxy) is 2. The van der Waals surface area contributed by atoms with E-state index in [9.17, 15) is 4.79 Å². The van der Waals surface area contributed by atoms with E-state index in [1.54, 1.807) is 36.7 Å². The van der Waals surface area contributed by atoms with Gasteiger partial charge in [-0.25, -0.2) is 9.97 Å². The van der Waals surface area contributed by atoms with Crippen LogP contribution in [-0.4, -0.2) is 46.5 Å². The fourth-order valence-electron chi connectivity index (χ4n) is 2.61. The Hall–Kier alpha value is -2.02. The number of hydrogen-bond donors (Lipinski definition) is 0. The van der Waals surface area contributed by atoms with Crippen molar-refractivity contribution in [1.29, 1.82) is 0 Å². The SMILES string of the molecule is CCC(=O)[C@@H]1CN(Cc2cnc(Oc3ccc(Cl)cc3)nc2)CCO1. The fourth-order valence-corrected chi connectivity index (χ4v) is 2.74. The van der Waals surface area contributed by atoms with Crippen molar-refractivity contribution in [3.8, 4) is 11.8 Å². The molecule has 1 aromatic heterocycles. The summed E-state index contributed by atoms with van der Waals surface area (Å²) in [5, 5.41) is 0.647. The summed E-state index contributed by atoms with van der Waals surface area (Å²) in [5.41, 5.74) is 0.966. The van der Waals surface area contributed by atoms with Crippen molar-refractivity contribution in [2.24, 2.45) is 0 Å². The molecule has 0 unspecified atom stereocenters. The molecule has 1 fully saturated rings. The van der Waals surface area contributed by atoms with E-state index in [1.165, 1.54) is 0 Å². The van der Waals surface area contributed by atoms with E-state index in [4.69, 9.17) is 21.1 Å². The lowest BCUT2D eigenvalue weighted by Gasteiger charge is -2.31. The topological polar surface area (TPSA) is 64.6 Å². The van der Waals surface area contributed by atoms with Gasteiger partial charge in [0.1, 0.15) is 11.9 Å². The van der Waals surface area contributed by atoms with Gasteiger partial charge in [-0.15, -0.1) is 0 Å². The number of aromatic nitrogens is 2. The van der Waals surface area contributed by atoms with Gasteiger partial charge in [-0.3, -0.25) is 9.69 Å². The van der Waals surface area contributed by atoms with Gasteiger partial charge in [0, 0.05) is 49.0 Å². The standard InChI is InChI=1S/C18H20ClN3O3/c1-2-16(23)17-12-22(7-8-24-17)11-13-9-20-18(21-10-13)25-15-5-3-14(19)4-6-15/h3-6,9-10,17H,2,7-8,11-12H2,1H3/t17-/m0/s1. The lowest BCUT2D eigenvalue weighted by atomic mass is 10.1. The summed E-state index contributed by atoms with van der Waals surface area (Å²) in [7, 11) is 0. The molecule has 0 N–H and O–H groups in total. The maximum Gasteiger partial charge on any atom is 0.321 e. The smallest absolute Gasteiger partial charge is 0.321 e. The van der Waals surface area contributed by atoms with E-state index in [-0.39, 0.29) is 17.9 Å². The lowest BCUT2D eigenvalue weighted by molar-refractivity contribution is -0.136. The second kappa shape index (κ2) is 8.38. The molecule has 1 atom stereocenters. The zero-order valence-corrected chi connectivity index (χ0v) is 14.8. The highest BCUT2D eigenvalue weighted by molar-refractivity contribution is 6.30. The fraction of sp³-hybridized carbons (Fsp3) is 0.389. The summed E-state index contributed by atoms with van der Waals surface area (Å²) in [6, 6.07) is 7.30. The summed E-state index contributed by atoms with van der Waals surface area (Å²) >= 11 is 5.85. The van der Waals surface area contributed by atoms with E-state index in [1.807, 2.05) is 6.92 Å². The van der Waals surface area contributed by atoms with Crippen molar-refractivity contribution >= 4 is 17.4 Å². The molecule has 0 saturated carbocycles. The maximum absolute atomic E-state index is 11.8. The molecule has 0 amide bonds. The highest BCUT2D eigenvalue weighted by Crippen LogP contribution is 2.20. The first-order valence-electron chi connectivity index (χ1n) is 8.25. The molecule has 1 aliphatic rings. The van der Waals surface area contributed by atoms with Crippen molar-refractivity contribution < 1.29 is 14.3 Å². The zero-order valence-electron chi connectivity index (χ0n) is 14.0. The number of benzene rings is 1. The van der Waals surface area contributed by atoms with Crippen LogP contribution in [0.2, 0.25) is 5.02 Å². The molecule has 0 spiro atoms. The highest BCUT2D eigenvalue weighted by atomic mass is 35.5. The lowest BCUT2D eigenvalue weighted by Crippen LogP contribution is -2.45. The van der Waals surface area contributed by atoms with Crippen LogP contribution in [0.5, 0.6) is 11.8 Å². The summed E-state index contributed by atoms with van der Waals surface area (Å²) in [4.78, 5) is 22.5. The summed E-state index contributed by atoms with van der Waals surface area (Å²) in [5.74, 6) is 0.777. The number of rotatable bonds is 6. The first kappa shape index (κ1) is 17.8. The molecular formula is C18H20ClN3O3. The molecular weight excluding hydrogens is 342 g/mol. The van der Waals surface area contributed by atoms with Crippen LogP contribution in [0.15, 0.2) is 36.7 Å². The van der Waals surface area contributed by atoms with Crippen LogP contribution in [0.3, 0.4) is 0 Å². The van der Waals surface area contributed by atoms with Crippen LogP contribution < -0.4 is 4.74 Å². The van der Waals surface area contributed by atoms with E-state index in [2.05, 4.69) is 14.9 Å². The van der Waals surface area contributed by atoms with Crippen LogP contribution in [0, 0.1) is 0 Å². The Morgan fingerprint density at radius 1 is 1.32 bits per heavy atom. The van der Waals surface area contributed by atoms with E-state index >= 15 is 0 Å². The Labute approximate surface area is 151 Å². The zero-order chi connectivity index (χ0) is 17.6. The third kappa shape index (κ3) is 4.98. The summed E-state index contributed by atoms with van der Waals surface area (Å²) in [6.45, 7) is 4.50. The number of carbonyl (C=O) groups excluding carboxylic acids is 1. The molecule has 0 bridgehead atoms. The molecule has 6 nitrogen and oxygen atoms in total. The molecule has 0 aliphatic carbocycles. The van der Waals surface area contributed by atoms with Gasteiger partial charge in [-0.2, -0.15) is 0 Å². The van der Waals surface area contributed by atoms with Crippen LogP contribution in [0.4, 0.5) is 0 Å². The number of nitrogens with zero attached hydrogens (tertiary/aromatic N) is 3. The van der Waals surface area contributed by atoms with Crippen LogP contribution in [-0.2, 0) is 16.1 Å². The molecule has 1 aromatic carbocycles. The van der Waals surface area contributed by atoms with Crippen LogP contribution >= 0.6 is 11.6 Å². The summed E-state index contributed by atoms with van der Waals surface area (Å²) < 4.78 is 11.1. The van der Waals surface area contributed by atoms with Crippen LogP contribution in [0.25, 0.3) is 0 Å². The predicted molar refractivity (Wildman–Crippen MR) is 93.9 cm³/mol. The number of halogens is 1. The third-order valence-electron chi connectivity index (χ3n) is 3.97. The van der Waals surface area contributed by atoms with Crippen molar-refractivity contribution in [2.75, 3.05) is 19.7 Å². The van der Waals surface area contributed by atoms with E-state index < -0.39 is 0 Å². The average Bonchev–Trinajstić information content (AvgIpc) is 2.65. The van der Waals surface area contributed by atoms with Gasteiger partial charge in [0.25, 0.3) is 0 Å². The number of morpholine rings is 1. The molecule has 1 saturated heterocycles. The Kier molecular flexibility index (Phi) is 5.96. The van der Waals surface area contributed by atoms with Gasteiger partial charge in [0.2, 0.25) is 0 Å². The molecule has 7 heteroatoms. The van der Waals surface area contributed by atoms with Crippen molar-refractivity contribution in [1.82, 2.24) is 14.9 Å². The Morgan fingerprint density at radius 3 is 2.72 bits per heavy atom. The molecule has 2 heterocycles. The minimum Gasteiger partial charge on any atom is -0.424 e. The summed E-state index contributed by atoms with van der Waals surface area (Å²) in [6.07, 6.45) is 3.65. The second-order valence-electron chi connectivity index (χ2n) is 5.84. The van der Waals surface area contributed by atoms with Gasteiger partial charge in [-0.05, 0) is 24.3 Å². The molecule has 0 radical (unpaired) electrons. The highest BCUT2D eigenvalue weighted by Gasteiger charge is 2.25. The number of carbonyl (C=O) groups is 1. The first-order chi connectivity index (χ1) is 12.1. The van der Waals surface area contributed by atoms with Gasteiger partial charge in [-0.1, -0.05) is 18.5 Å². The van der Waals surface area contributed by atoms with E-state index in [0.717, 1.165) is 12.1 Å². The van der Waals surface area contributed by atoms with Gasteiger partial charge in [0.05, 0.1) is 6.61 Å². The molecule has 3 rings (SSSR count). The van der Waals surface area contributed by atoms with Crippen molar-refractivity contribution in [3.63, 3.8) is 0 Å². The molecule has 2 aromatic rings. The second-order valence-corrected chi connectivity index (χ2v) is 6.28. The van der Waals surface area contributed by atoms with Gasteiger partial charge >= 0.3 is 6.01 Å². The Morgan fingerprint density at radius 2 is 2.04 bits per heavy atom. The normalized spacial score (nSPS) is 18.1. The predicted octanol–water partition coefficient (Wildman–Crippen LogP) is 3.10.